The van der Waals surface area contributed by atoms with Gasteiger partial charge in [0.25, 0.3) is 0 Å². The molecule has 2 aromatic heterocycles. The average molecular weight is 325 g/mol. The molecule has 1 N–H and O–H groups in total. The Bertz CT molecular complexity index is 659. The van der Waals surface area contributed by atoms with Crippen LogP contribution in [0.4, 0.5) is 5.13 Å². The molecule has 1 aliphatic carbocycles. The lowest BCUT2D eigenvalue weighted by atomic mass is 9.93. The van der Waals surface area contributed by atoms with Crippen molar-refractivity contribution in [3.8, 4) is 0 Å². The number of amides is 1. The fourth-order valence-corrected chi connectivity index (χ4v) is 3.81. The third-order valence-electron chi connectivity index (χ3n) is 3.62. The lowest BCUT2D eigenvalue weighted by Gasteiger charge is -2.15. The Morgan fingerprint density at radius 3 is 3.14 bits per heavy atom. The van der Waals surface area contributed by atoms with Crippen LogP contribution in [0.25, 0.3) is 0 Å². The molecule has 0 bridgehead atoms. The molecular formula is C14H17ClN4OS. The number of hydrogen-bond donors (Lipinski definition) is 1. The molecule has 7 heteroatoms. The van der Waals surface area contributed by atoms with Crippen molar-refractivity contribution in [2.24, 2.45) is 5.92 Å². The van der Waals surface area contributed by atoms with E-state index in [2.05, 4.69) is 22.3 Å². The number of carbonyl (C=O) groups is 1. The molecule has 112 valence electrons. The van der Waals surface area contributed by atoms with Gasteiger partial charge in [-0.25, -0.2) is 4.98 Å². The molecule has 1 amide bonds. The van der Waals surface area contributed by atoms with Gasteiger partial charge < -0.3 is 5.32 Å². The third-order valence-corrected chi connectivity index (χ3v) is 5.03. The normalized spacial score (nSPS) is 17.6. The molecule has 0 saturated carbocycles. The molecule has 0 radical (unpaired) electrons. The summed E-state index contributed by atoms with van der Waals surface area (Å²) in [4.78, 5) is 17.9. The zero-order valence-electron chi connectivity index (χ0n) is 12.0. The second-order valence-corrected chi connectivity index (χ2v) is 7.04. The number of halogens is 1. The molecule has 21 heavy (non-hydrogen) atoms. The lowest BCUT2D eigenvalue weighted by Crippen LogP contribution is -2.19. The highest BCUT2D eigenvalue weighted by molar-refractivity contribution is 7.15. The van der Waals surface area contributed by atoms with Crippen molar-refractivity contribution in [2.75, 3.05) is 5.32 Å². The Morgan fingerprint density at radius 1 is 1.62 bits per heavy atom. The Hall–Kier alpha value is -1.40. The van der Waals surface area contributed by atoms with Crippen molar-refractivity contribution in [3.63, 3.8) is 0 Å². The number of nitrogens with zero attached hydrogens (tertiary/aromatic N) is 3. The summed E-state index contributed by atoms with van der Waals surface area (Å²) in [5.74, 6) is 0.573. The average Bonchev–Trinajstić information content (AvgIpc) is 2.92. The van der Waals surface area contributed by atoms with Gasteiger partial charge >= 0.3 is 0 Å². The van der Waals surface area contributed by atoms with Gasteiger partial charge in [0.15, 0.2) is 5.13 Å². The number of rotatable bonds is 3. The maximum atomic E-state index is 12.0. The molecular weight excluding hydrogens is 308 g/mol. The molecule has 1 atom stereocenters. The first kappa shape index (κ1) is 14.5. The van der Waals surface area contributed by atoms with Crippen molar-refractivity contribution in [1.29, 1.82) is 0 Å². The number of hydrogen-bond acceptors (Lipinski definition) is 4. The third kappa shape index (κ3) is 3.27. The first-order valence-electron chi connectivity index (χ1n) is 6.99. The fourth-order valence-electron chi connectivity index (χ4n) is 2.47. The summed E-state index contributed by atoms with van der Waals surface area (Å²) < 4.78 is 1.54. The van der Waals surface area contributed by atoms with Crippen molar-refractivity contribution < 1.29 is 4.79 Å². The number of thiazole rings is 1. The maximum absolute atomic E-state index is 12.0. The molecule has 0 unspecified atom stereocenters. The van der Waals surface area contributed by atoms with Crippen molar-refractivity contribution in [1.82, 2.24) is 14.8 Å². The van der Waals surface area contributed by atoms with E-state index in [1.54, 1.807) is 22.2 Å². The number of nitrogens with one attached hydrogen (secondary N) is 1. The molecule has 2 aromatic rings. The standard InChI is InChI=1S/C14H17ClN4OS/c1-8-3-4-11-12(5-8)21-14(16-11)17-13(20)7-19-6-10(15)9(2)18-19/h6,8H,3-5,7H2,1-2H3,(H,16,17,20)/t8-/m1/s1. The van der Waals surface area contributed by atoms with Crippen LogP contribution in [0.1, 0.15) is 29.6 Å². The monoisotopic (exact) mass is 324 g/mol. The van der Waals surface area contributed by atoms with Gasteiger partial charge in [0.1, 0.15) is 6.54 Å². The SMILES string of the molecule is Cc1nn(CC(=O)Nc2nc3c(s2)C[C@H](C)CC3)cc1Cl. The van der Waals surface area contributed by atoms with Gasteiger partial charge in [0.2, 0.25) is 5.91 Å². The smallest absolute Gasteiger partial charge is 0.247 e. The van der Waals surface area contributed by atoms with Crippen LogP contribution in [0.2, 0.25) is 5.02 Å². The minimum Gasteiger partial charge on any atom is -0.300 e. The summed E-state index contributed by atoms with van der Waals surface area (Å²) in [5, 5.41) is 8.29. The number of aromatic nitrogens is 3. The van der Waals surface area contributed by atoms with Gasteiger partial charge in [-0.3, -0.25) is 9.48 Å². The number of fused-ring (bicyclic) bond motifs is 1. The predicted octanol–water partition coefficient (Wildman–Crippen LogP) is 3.06. The zero-order chi connectivity index (χ0) is 15.0. The molecule has 1 aliphatic rings. The second kappa shape index (κ2) is 5.77. The summed E-state index contributed by atoms with van der Waals surface area (Å²) in [6.45, 7) is 4.21. The van der Waals surface area contributed by atoms with Crippen LogP contribution in [0.3, 0.4) is 0 Å². The molecule has 0 aliphatic heterocycles. The Kier molecular flexibility index (Phi) is 3.99. The molecule has 2 heterocycles. The largest absolute Gasteiger partial charge is 0.300 e. The molecule has 5 nitrogen and oxygen atoms in total. The topological polar surface area (TPSA) is 59.8 Å². The van der Waals surface area contributed by atoms with Crippen LogP contribution in [-0.4, -0.2) is 20.7 Å². The number of carbonyl (C=O) groups excluding carboxylic acids is 1. The van der Waals surface area contributed by atoms with Crippen LogP contribution < -0.4 is 5.32 Å². The Balaban J connectivity index is 1.65. The van der Waals surface area contributed by atoms with E-state index in [-0.39, 0.29) is 12.5 Å². The van der Waals surface area contributed by atoms with Crippen molar-refractivity contribution >= 4 is 34.0 Å². The van der Waals surface area contributed by atoms with Crippen molar-refractivity contribution in [3.05, 3.63) is 27.5 Å². The van der Waals surface area contributed by atoms with Gasteiger partial charge in [-0.05, 0) is 32.1 Å². The predicted molar refractivity (Wildman–Crippen MR) is 83.9 cm³/mol. The number of aryl methyl sites for hydroxylation is 2. The first-order chi connectivity index (χ1) is 10.0. The molecule has 0 fully saturated rings. The zero-order valence-corrected chi connectivity index (χ0v) is 13.6. The summed E-state index contributed by atoms with van der Waals surface area (Å²) in [5.41, 5.74) is 1.87. The van der Waals surface area contributed by atoms with Crippen LogP contribution >= 0.6 is 22.9 Å². The first-order valence-corrected chi connectivity index (χ1v) is 8.18. The van der Waals surface area contributed by atoms with E-state index in [0.29, 0.717) is 16.1 Å². The van der Waals surface area contributed by atoms with Crippen LogP contribution in [-0.2, 0) is 24.2 Å². The van der Waals surface area contributed by atoms with E-state index >= 15 is 0 Å². The minimum atomic E-state index is -0.131. The lowest BCUT2D eigenvalue weighted by molar-refractivity contribution is -0.116. The number of anilines is 1. The Labute approximate surface area is 132 Å². The van der Waals surface area contributed by atoms with E-state index < -0.39 is 0 Å². The van der Waals surface area contributed by atoms with Crippen LogP contribution in [0.15, 0.2) is 6.20 Å². The van der Waals surface area contributed by atoms with E-state index in [0.717, 1.165) is 24.2 Å². The summed E-state index contributed by atoms with van der Waals surface area (Å²) in [6, 6.07) is 0. The van der Waals surface area contributed by atoms with Gasteiger partial charge in [-0.1, -0.05) is 18.5 Å². The Morgan fingerprint density at radius 2 is 2.43 bits per heavy atom. The van der Waals surface area contributed by atoms with E-state index in [4.69, 9.17) is 11.6 Å². The molecule has 0 spiro atoms. The van der Waals surface area contributed by atoms with Gasteiger partial charge in [0.05, 0.1) is 16.4 Å². The summed E-state index contributed by atoms with van der Waals surface area (Å²) in [6.07, 6.45) is 4.91. The maximum Gasteiger partial charge on any atom is 0.247 e. The minimum absolute atomic E-state index is 0.131. The van der Waals surface area contributed by atoms with Gasteiger partial charge in [0, 0.05) is 11.1 Å². The highest BCUT2D eigenvalue weighted by Gasteiger charge is 2.20. The van der Waals surface area contributed by atoms with Gasteiger partial charge in [-0.15, -0.1) is 11.3 Å². The summed E-state index contributed by atoms with van der Waals surface area (Å²) in [7, 11) is 0. The van der Waals surface area contributed by atoms with E-state index in [9.17, 15) is 4.79 Å². The quantitative estimate of drug-likeness (QED) is 0.944. The van der Waals surface area contributed by atoms with Crippen LogP contribution in [0, 0.1) is 12.8 Å². The highest BCUT2D eigenvalue weighted by atomic mass is 35.5. The molecule has 0 aromatic carbocycles. The van der Waals surface area contributed by atoms with E-state index in [1.165, 1.54) is 11.3 Å². The van der Waals surface area contributed by atoms with Crippen LogP contribution in [0.5, 0.6) is 0 Å². The van der Waals surface area contributed by atoms with E-state index in [1.807, 2.05) is 6.92 Å². The highest BCUT2D eigenvalue weighted by Crippen LogP contribution is 2.32. The summed E-state index contributed by atoms with van der Waals surface area (Å²) >= 11 is 7.52. The fraction of sp³-hybridized carbons (Fsp3) is 0.500. The molecule has 3 rings (SSSR count). The second-order valence-electron chi connectivity index (χ2n) is 5.55. The van der Waals surface area contributed by atoms with Gasteiger partial charge in [-0.2, -0.15) is 5.10 Å². The molecule has 0 saturated heterocycles. The van der Waals surface area contributed by atoms with Crippen molar-refractivity contribution in [2.45, 2.75) is 39.7 Å².